The summed E-state index contributed by atoms with van der Waals surface area (Å²) in [5.41, 5.74) is 0.435. The summed E-state index contributed by atoms with van der Waals surface area (Å²) in [6, 6.07) is 0.827. The van der Waals surface area contributed by atoms with Crippen LogP contribution in [0.5, 0.6) is 0 Å². The highest BCUT2D eigenvalue weighted by atomic mass is 16.5. The van der Waals surface area contributed by atoms with Crippen molar-refractivity contribution in [1.82, 2.24) is 5.32 Å². The molecule has 94 valence electrons. The number of hydrogen-bond donors (Lipinski definition) is 1. The first kappa shape index (κ1) is 12.4. The van der Waals surface area contributed by atoms with Crippen molar-refractivity contribution in [3.8, 4) is 0 Å². The van der Waals surface area contributed by atoms with Crippen molar-refractivity contribution >= 4 is 0 Å². The number of hydrogen-bond acceptors (Lipinski definition) is 2. The lowest BCUT2D eigenvalue weighted by Gasteiger charge is -2.43. The van der Waals surface area contributed by atoms with E-state index in [4.69, 9.17) is 4.74 Å². The fourth-order valence-corrected chi connectivity index (χ4v) is 3.27. The van der Waals surface area contributed by atoms with Crippen LogP contribution in [0, 0.1) is 11.3 Å². The van der Waals surface area contributed by atoms with E-state index in [1.54, 1.807) is 0 Å². The summed E-state index contributed by atoms with van der Waals surface area (Å²) in [6.07, 6.45) is 7.99. The molecule has 0 amide bonds. The second-order valence-corrected chi connectivity index (χ2v) is 5.69. The van der Waals surface area contributed by atoms with Crippen molar-refractivity contribution in [2.45, 2.75) is 58.4 Å². The molecular formula is C14H27NO. The monoisotopic (exact) mass is 225 g/mol. The van der Waals surface area contributed by atoms with E-state index in [0.717, 1.165) is 25.2 Å². The van der Waals surface area contributed by atoms with Gasteiger partial charge >= 0.3 is 0 Å². The smallest absolute Gasteiger partial charge is 0.0537 e. The van der Waals surface area contributed by atoms with Crippen molar-refractivity contribution in [3.63, 3.8) is 0 Å². The average Bonchev–Trinajstić information content (AvgIpc) is 3.13. The summed E-state index contributed by atoms with van der Waals surface area (Å²) in [7, 11) is 0. The Bertz CT molecular complexity index is 203. The van der Waals surface area contributed by atoms with E-state index in [0.29, 0.717) is 5.41 Å². The molecule has 1 saturated carbocycles. The van der Waals surface area contributed by atoms with Gasteiger partial charge in [-0.25, -0.2) is 0 Å². The normalized spacial score (nSPS) is 30.9. The quantitative estimate of drug-likeness (QED) is 0.750. The molecular weight excluding hydrogens is 198 g/mol. The Morgan fingerprint density at radius 1 is 1.31 bits per heavy atom. The van der Waals surface area contributed by atoms with Crippen molar-refractivity contribution in [1.29, 1.82) is 0 Å². The van der Waals surface area contributed by atoms with Crippen LogP contribution in [0.1, 0.15) is 52.4 Å². The molecule has 2 heteroatoms. The first-order valence-electron chi connectivity index (χ1n) is 7.12. The van der Waals surface area contributed by atoms with Crippen LogP contribution in [-0.2, 0) is 4.74 Å². The molecule has 1 N–H and O–H groups in total. The van der Waals surface area contributed by atoms with E-state index in [2.05, 4.69) is 19.2 Å². The lowest BCUT2D eigenvalue weighted by molar-refractivity contribution is -0.0442. The van der Waals surface area contributed by atoms with Crippen LogP contribution in [0.2, 0.25) is 0 Å². The molecule has 0 radical (unpaired) electrons. The third-order valence-electron chi connectivity index (χ3n) is 4.52. The van der Waals surface area contributed by atoms with Gasteiger partial charge in [0.1, 0.15) is 0 Å². The highest BCUT2D eigenvalue weighted by molar-refractivity contribution is 4.92. The molecule has 2 fully saturated rings. The van der Waals surface area contributed by atoms with Crippen molar-refractivity contribution in [2.24, 2.45) is 11.3 Å². The molecule has 2 rings (SSSR count). The molecule has 1 heterocycles. The van der Waals surface area contributed by atoms with Gasteiger partial charge in [-0.1, -0.05) is 26.7 Å². The van der Waals surface area contributed by atoms with Gasteiger partial charge in [0.05, 0.1) is 6.61 Å². The Morgan fingerprint density at radius 3 is 2.56 bits per heavy atom. The van der Waals surface area contributed by atoms with Crippen LogP contribution >= 0.6 is 0 Å². The van der Waals surface area contributed by atoms with Crippen molar-refractivity contribution in [3.05, 3.63) is 0 Å². The molecule has 0 bridgehead atoms. The second kappa shape index (κ2) is 5.50. The van der Waals surface area contributed by atoms with Gasteiger partial charge in [0.15, 0.2) is 0 Å². The molecule has 1 saturated heterocycles. The van der Waals surface area contributed by atoms with Crippen LogP contribution in [0.4, 0.5) is 0 Å². The van der Waals surface area contributed by atoms with Crippen LogP contribution < -0.4 is 5.32 Å². The highest BCUT2D eigenvalue weighted by Gasteiger charge is 2.39. The Hall–Kier alpha value is -0.0800. The zero-order valence-electron chi connectivity index (χ0n) is 10.9. The Kier molecular flexibility index (Phi) is 4.26. The minimum atomic E-state index is 0.435. The van der Waals surface area contributed by atoms with E-state index in [-0.39, 0.29) is 0 Å². The molecule has 16 heavy (non-hydrogen) atoms. The summed E-state index contributed by atoms with van der Waals surface area (Å²) in [4.78, 5) is 0. The molecule has 0 spiro atoms. The lowest BCUT2D eigenvalue weighted by Crippen LogP contribution is -2.46. The third-order valence-corrected chi connectivity index (χ3v) is 4.52. The molecule has 1 aliphatic carbocycles. The molecule has 1 unspecified atom stereocenters. The van der Waals surface area contributed by atoms with Gasteiger partial charge in [-0.3, -0.25) is 0 Å². The Morgan fingerprint density at radius 2 is 2.06 bits per heavy atom. The Balaban J connectivity index is 1.96. The summed E-state index contributed by atoms with van der Waals surface area (Å²) in [5, 5.41) is 3.74. The standard InChI is InChI=1S/C14H27NO/c1-3-12(4-2)14(8-5-9-16-11-14)10-15-13-6-7-13/h12-13,15H,3-11H2,1-2H3. The first-order chi connectivity index (χ1) is 7.80. The fraction of sp³-hybridized carbons (Fsp3) is 1.00. The molecule has 2 nitrogen and oxygen atoms in total. The number of nitrogens with one attached hydrogen (secondary N) is 1. The van der Waals surface area contributed by atoms with Gasteiger partial charge in [0.25, 0.3) is 0 Å². The second-order valence-electron chi connectivity index (χ2n) is 5.69. The van der Waals surface area contributed by atoms with Crippen LogP contribution in [0.25, 0.3) is 0 Å². The zero-order valence-corrected chi connectivity index (χ0v) is 10.9. The third kappa shape index (κ3) is 2.78. The predicted molar refractivity (Wildman–Crippen MR) is 67.6 cm³/mol. The molecule has 0 aromatic carbocycles. The molecule has 1 atom stereocenters. The lowest BCUT2D eigenvalue weighted by atomic mass is 9.69. The van der Waals surface area contributed by atoms with E-state index < -0.39 is 0 Å². The van der Waals surface area contributed by atoms with Gasteiger partial charge in [0, 0.05) is 24.6 Å². The van der Waals surface area contributed by atoms with Gasteiger partial charge in [0.2, 0.25) is 0 Å². The van der Waals surface area contributed by atoms with E-state index in [1.807, 2.05) is 0 Å². The summed E-state index contributed by atoms with van der Waals surface area (Å²) in [5.74, 6) is 0.832. The van der Waals surface area contributed by atoms with Crippen molar-refractivity contribution in [2.75, 3.05) is 19.8 Å². The van der Waals surface area contributed by atoms with Gasteiger partial charge in [-0.2, -0.15) is 0 Å². The largest absolute Gasteiger partial charge is 0.381 e. The van der Waals surface area contributed by atoms with E-state index in [9.17, 15) is 0 Å². The van der Waals surface area contributed by atoms with Gasteiger partial charge in [-0.05, 0) is 31.6 Å². The van der Waals surface area contributed by atoms with Crippen LogP contribution in [0.15, 0.2) is 0 Å². The number of rotatable bonds is 6. The maximum absolute atomic E-state index is 5.78. The highest BCUT2D eigenvalue weighted by Crippen LogP contribution is 2.40. The summed E-state index contributed by atoms with van der Waals surface area (Å²) in [6.45, 7) is 7.82. The maximum atomic E-state index is 5.78. The number of ether oxygens (including phenoxy) is 1. The summed E-state index contributed by atoms with van der Waals surface area (Å²) >= 11 is 0. The fourth-order valence-electron chi connectivity index (χ4n) is 3.27. The van der Waals surface area contributed by atoms with Gasteiger partial charge < -0.3 is 10.1 Å². The summed E-state index contributed by atoms with van der Waals surface area (Å²) < 4.78 is 5.78. The molecule has 0 aromatic heterocycles. The van der Waals surface area contributed by atoms with E-state index >= 15 is 0 Å². The Labute approximate surface area is 100 Å². The minimum absolute atomic E-state index is 0.435. The molecule has 0 aromatic rings. The zero-order chi connectivity index (χ0) is 11.4. The van der Waals surface area contributed by atoms with Gasteiger partial charge in [-0.15, -0.1) is 0 Å². The predicted octanol–water partition coefficient (Wildman–Crippen LogP) is 2.97. The first-order valence-corrected chi connectivity index (χ1v) is 7.12. The van der Waals surface area contributed by atoms with Crippen LogP contribution in [-0.4, -0.2) is 25.8 Å². The molecule has 2 aliphatic rings. The average molecular weight is 225 g/mol. The molecule has 1 aliphatic heterocycles. The topological polar surface area (TPSA) is 21.3 Å². The van der Waals surface area contributed by atoms with Crippen molar-refractivity contribution < 1.29 is 4.74 Å². The van der Waals surface area contributed by atoms with E-state index in [1.165, 1.54) is 45.1 Å². The minimum Gasteiger partial charge on any atom is -0.381 e. The SMILES string of the molecule is CCC(CC)C1(CNC2CC2)CCCOC1. The van der Waals surface area contributed by atoms with Crippen LogP contribution in [0.3, 0.4) is 0 Å². The maximum Gasteiger partial charge on any atom is 0.0537 e.